The predicted molar refractivity (Wildman–Crippen MR) is 100 cm³/mol. The van der Waals surface area contributed by atoms with Gasteiger partial charge in [0.15, 0.2) is 0 Å². The molecule has 124 valence electrons. The van der Waals surface area contributed by atoms with Crippen molar-refractivity contribution in [2.75, 3.05) is 0 Å². The van der Waals surface area contributed by atoms with Gasteiger partial charge in [-0.05, 0) is 69.2 Å². The fraction of sp³-hybridized carbons (Fsp3) is 0.409. The van der Waals surface area contributed by atoms with E-state index in [1.165, 1.54) is 33.5 Å². The van der Waals surface area contributed by atoms with E-state index < -0.39 is 0 Å². The molecule has 1 aliphatic heterocycles. The average Bonchev–Trinajstić information content (AvgIpc) is 2.70. The smallest absolute Gasteiger partial charge is 0.0739 e. The SMILES string of the molecule is Cc1ccc2c(c1)CCc1cccnc1C2=C1CC(C)NC(C)C1. The number of rotatable bonds is 0. The maximum absolute atomic E-state index is 4.83. The van der Waals surface area contributed by atoms with E-state index in [-0.39, 0.29) is 0 Å². The number of aromatic nitrogens is 1. The monoisotopic (exact) mass is 318 g/mol. The molecule has 2 heteroatoms. The zero-order valence-electron chi connectivity index (χ0n) is 14.9. The van der Waals surface area contributed by atoms with Crippen LogP contribution in [0.4, 0.5) is 0 Å². The summed E-state index contributed by atoms with van der Waals surface area (Å²) >= 11 is 0. The molecule has 2 aliphatic rings. The molecule has 0 bridgehead atoms. The van der Waals surface area contributed by atoms with Crippen molar-refractivity contribution in [2.24, 2.45) is 0 Å². The van der Waals surface area contributed by atoms with Crippen LogP contribution in [0.3, 0.4) is 0 Å². The Bertz CT molecular complexity index is 791. The van der Waals surface area contributed by atoms with E-state index in [9.17, 15) is 0 Å². The number of nitrogens with one attached hydrogen (secondary N) is 1. The lowest BCUT2D eigenvalue weighted by atomic mass is 9.85. The summed E-state index contributed by atoms with van der Waals surface area (Å²) in [5.74, 6) is 0. The number of nitrogens with zero attached hydrogens (tertiary/aromatic N) is 1. The van der Waals surface area contributed by atoms with Gasteiger partial charge >= 0.3 is 0 Å². The van der Waals surface area contributed by atoms with Crippen LogP contribution in [0.25, 0.3) is 5.57 Å². The van der Waals surface area contributed by atoms with Crippen LogP contribution in [-0.4, -0.2) is 17.1 Å². The number of hydrogen-bond acceptors (Lipinski definition) is 2. The van der Waals surface area contributed by atoms with Crippen molar-refractivity contribution in [1.29, 1.82) is 0 Å². The maximum Gasteiger partial charge on any atom is 0.0739 e. The summed E-state index contributed by atoms with van der Waals surface area (Å²) in [6.07, 6.45) is 6.37. The zero-order valence-corrected chi connectivity index (χ0v) is 14.9. The molecule has 2 nitrogen and oxygen atoms in total. The van der Waals surface area contributed by atoms with Gasteiger partial charge in [-0.3, -0.25) is 4.98 Å². The van der Waals surface area contributed by atoms with Crippen molar-refractivity contribution < 1.29 is 0 Å². The third-order valence-corrected chi connectivity index (χ3v) is 5.35. The summed E-state index contributed by atoms with van der Waals surface area (Å²) in [5, 5.41) is 3.67. The first-order valence-corrected chi connectivity index (χ1v) is 9.14. The maximum atomic E-state index is 4.83. The van der Waals surface area contributed by atoms with Crippen LogP contribution in [0.15, 0.2) is 42.1 Å². The number of fused-ring (bicyclic) bond motifs is 2. The van der Waals surface area contributed by atoms with Crippen molar-refractivity contribution in [3.63, 3.8) is 0 Å². The molecule has 2 heterocycles. The molecule has 2 unspecified atom stereocenters. The number of benzene rings is 1. The van der Waals surface area contributed by atoms with E-state index in [0.717, 1.165) is 25.7 Å². The Morgan fingerprint density at radius 2 is 1.75 bits per heavy atom. The minimum absolute atomic E-state index is 0.528. The summed E-state index contributed by atoms with van der Waals surface area (Å²) in [7, 11) is 0. The largest absolute Gasteiger partial charge is 0.311 e. The second kappa shape index (κ2) is 6.18. The van der Waals surface area contributed by atoms with Crippen LogP contribution >= 0.6 is 0 Å². The molecule has 1 N–H and O–H groups in total. The first-order chi connectivity index (χ1) is 11.6. The molecule has 1 fully saturated rings. The van der Waals surface area contributed by atoms with Crippen LogP contribution in [0, 0.1) is 6.92 Å². The Kier molecular flexibility index (Phi) is 4.01. The standard InChI is InChI=1S/C22H26N2/c1-14-6-9-20-18(11-14)8-7-17-5-4-10-23-22(17)21(20)19-12-15(2)24-16(3)13-19/h4-6,9-11,15-16,24H,7-8,12-13H2,1-3H3. The molecule has 0 radical (unpaired) electrons. The molecule has 1 aromatic carbocycles. The van der Waals surface area contributed by atoms with Gasteiger partial charge in [0, 0.05) is 23.9 Å². The Labute approximate surface area is 145 Å². The molecule has 24 heavy (non-hydrogen) atoms. The highest BCUT2D eigenvalue weighted by molar-refractivity contribution is 5.84. The molecule has 0 amide bonds. The quantitative estimate of drug-likeness (QED) is 0.776. The first-order valence-electron chi connectivity index (χ1n) is 9.14. The molecular weight excluding hydrogens is 292 g/mol. The molecule has 2 aromatic rings. The highest BCUT2D eigenvalue weighted by Crippen LogP contribution is 2.38. The number of aryl methyl sites for hydroxylation is 3. The van der Waals surface area contributed by atoms with E-state index in [1.807, 2.05) is 6.20 Å². The Balaban J connectivity index is 1.97. The molecule has 1 saturated heterocycles. The van der Waals surface area contributed by atoms with Crippen LogP contribution in [-0.2, 0) is 12.8 Å². The van der Waals surface area contributed by atoms with Gasteiger partial charge < -0.3 is 5.32 Å². The second-order valence-electron chi connectivity index (χ2n) is 7.53. The van der Waals surface area contributed by atoms with Crippen molar-refractivity contribution in [3.05, 3.63) is 70.0 Å². The van der Waals surface area contributed by atoms with E-state index in [1.54, 1.807) is 5.57 Å². The molecule has 0 saturated carbocycles. The first kappa shape index (κ1) is 15.6. The van der Waals surface area contributed by atoms with E-state index in [0.29, 0.717) is 12.1 Å². The lowest BCUT2D eigenvalue weighted by Gasteiger charge is -2.31. The lowest BCUT2D eigenvalue weighted by molar-refractivity contribution is 0.412. The van der Waals surface area contributed by atoms with Gasteiger partial charge in [0.1, 0.15) is 0 Å². The number of piperidine rings is 1. The van der Waals surface area contributed by atoms with E-state index in [2.05, 4.69) is 56.4 Å². The summed E-state index contributed by atoms with van der Waals surface area (Å²) in [5.41, 5.74) is 9.84. The van der Waals surface area contributed by atoms with Crippen LogP contribution in [0.5, 0.6) is 0 Å². The predicted octanol–water partition coefficient (Wildman–Crippen LogP) is 4.45. The minimum atomic E-state index is 0.528. The molecule has 1 aliphatic carbocycles. The molecule has 2 atom stereocenters. The van der Waals surface area contributed by atoms with Gasteiger partial charge in [-0.15, -0.1) is 0 Å². The van der Waals surface area contributed by atoms with E-state index >= 15 is 0 Å². The Morgan fingerprint density at radius 3 is 2.54 bits per heavy atom. The Morgan fingerprint density at radius 1 is 1.00 bits per heavy atom. The van der Waals surface area contributed by atoms with Crippen LogP contribution in [0.1, 0.15) is 54.6 Å². The highest BCUT2D eigenvalue weighted by atomic mass is 14.9. The number of pyridine rings is 1. The summed E-state index contributed by atoms with van der Waals surface area (Å²) < 4.78 is 0. The average molecular weight is 318 g/mol. The van der Waals surface area contributed by atoms with Crippen LogP contribution in [0.2, 0.25) is 0 Å². The van der Waals surface area contributed by atoms with Gasteiger partial charge in [-0.2, -0.15) is 0 Å². The molecule has 1 aromatic heterocycles. The highest BCUT2D eigenvalue weighted by Gasteiger charge is 2.26. The molecule has 4 rings (SSSR count). The number of hydrogen-bond donors (Lipinski definition) is 1. The van der Waals surface area contributed by atoms with Gasteiger partial charge in [0.25, 0.3) is 0 Å². The van der Waals surface area contributed by atoms with E-state index in [4.69, 9.17) is 4.98 Å². The Hall–Kier alpha value is -1.93. The van der Waals surface area contributed by atoms with Gasteiger partial charge in [0.2, 0.25) is 0 Å². The van der Waals surface area contributed by atoms with Crippen molar-refractivity contribution in [1.82, 2.24) is 10.3 Å². The zero-order chi connectivity index (χ0) is 16.7. The van der Waals surface area contributed by atoms with Crippen molar-refractivity contribution in [3.8, 4) is 0 Å². The third-order valence-electron chi connectivity index (χ3n) is 5.35. The normalized spacial score (nSPS) is 23.5. The summed E-state index contributed by atoms with van der Waals surface area (Å²) in [6, 6.07) is 12.3. The van der Waals surface area contributed by atoms with Gasteiger partial charge in [-0.25, -0.2) is 0 Å². The van der Waals surface area contributed by atoms with Gasteiger partial charge in [-0.1, -0.05) is 35.4 Å². The minimum Gasteiger partial charge on any atom is -0.311 e. The molecule has 0 spiro atoms. The second-order valence-corrected chi connectivity index (χ2v) is 7.53. The van der Waals surface area contributed by atoms with Crippen LogP contribution < -0.4 is 5.32 Å². The molecular formula is C22H26N2. The van der Waals surface area contributed by atoms with Crippen molar-refractivity contribution in [2.45, 2.75) is 58.5 Å². The summed E-state index contributed by atoms with van der Waals surface area (Å²) in [4.78, 5) is 4.83. The van der Waals surface area contributed by atoms with Gasteiger partial charge in [0.05, 0.1) is 5.69 Å². The lowest BCUT2D eigenvalue weighted by Crippen LogP contribution is -2.39. The third kappa shape index (κ3) is 2.80. The summed E-state index contributed by atoms with van der Waals surface area (Å²) in [6.45, 7) is 6.78. The fourth-order valence-electron chi connectivity index (χ4n) is 4.42. The topological polar surface area (TPSA) is 24.9 Å². The fourth-order valence-corrected chi connectivity index (χ4v) is 4.42. The van der Waals surface area contributed by atoms with Crippen molar-refractivity contribution >= 4 is 5.57 Å².